The van der Waals surface area contributed by atoms with Crippen LogP contribution in [-0.4, -0.2) is 43.7 Å². The fourth-order valence-corrected chi connectivity index (χ4v) is 1.67. The van der Waals surface area contributed by atoms with Crippen molar-refractivity contribution in [3.8, 4) is 0 Å². The molecule has 1 amide bonds. The SMILES string of the molecule is CC(C)OCCN(C)CCC(=O)Nc1ccccc1N. The zero-order valence-electron chi connectivity index (χ0n) is 12.6. The van der Waals surface area contributed by atoms with E-state index in [0.717, 1.165) is 6.54 Å². The molecule has 0 radical (unpaired) electrons. The van der Waals surface area contributed by atoms with Crippen LogP contribution < -0.4 is 11.1 Å². The zero-order valence-corrected chi connectivity index (χ0v) is 12.6. The van der Waals surface area contributed by atoms with Gasteiger partial charge in [0.25, 0.3) is 0 Å². The minimum absolute atomic E-state index is 0.0282. The molecule has 5 nitrogen and oxygen atoms in total. The fourth-order valence-electron chi connectivity index (χ4n) is 1.67. The van der Waals surface area contributed by atoms with Crippen molar-refractivity contribution in [1.29, 1.82) is 0 Å². The van der Waals surface area contributed by atoms with Crippen molar-refractivity contribution < 1.29 is 9.53 Å². The predicted octanol–water partition coefficient (Wildman–Crippen LogP) is 1.95. The van der Waals surface area contributed by atoms with Gasteiger partial charge in [0, 0.05) is 19.5 Å². The van der Waals surface area contributed by atoms with Crippen molar-refractivity contribution in [3.05, 3.63) is 24.3 Å². The Morgan fingerprint density at radius 3 is 2.70 bits per heavy atom. The van der Waals surface area contributed by atoms with E-state index < -0.39 is 0 Å². The van der Waals surface area contributed by atoms with Gasteiger partial charge < -0.3 is 20.7 Å². The minimum Gasteiger partial charge on any atom is -0.397 e. The van der Waals surface area contributed by atoms with Crippen LogP contribution in [0.4, 0.5) is 11.4 Å². The van der Waals surface area contributed by atoms with Crippen LogP contribution in [0, 0.1) is 0 Å². The summed E-state index contributed by atoms with van der Waals surface area (Å²) in [6.45, 7) is 6.22. The lowest BCUT2D eigenvalue weighted by atomic mass is 10.2. The highest BCUT2D eigenvalue weighted by Gasteiger charge is 2.07. The number of para-hydroxylation sites is 2. The van der Waals surface area contributed by atoms with Gasteiger partial charge in [0.1, 0.15) is 0 Å². The summed E-state index contributed by atoms with van der Waals surface area (Å²) >= 11 is 0. The molecule has 1 aromatic rings. The van der Waals surface area contributed by atoms with E-state index in [-0.39, 0.29) is 12.0 Å². The number of anilines is 2. The van der Waals surface area contributed by atoms with Crippen LogP contribution in [0.25, 0.3) is 0 Å². The van der Waals surface area contributed by atoms with Gasteiger partial charge in [-0.3, -0.25) is 4.79 Å². The Morgan fingerprint density at radius 1 is 1.35 bits per heavy atom. The van der Waals surface area contributed by atoms with Gasteiger partial charge in [-0.1, -0.05) is 12.1 Å². The van der Waals surface area contributed by atoms with Crippen LogP contribution in [0.5, 0.6) is 0 Å². The molecule has 0 unspecified atom stereocenters. The molecule has 0 aliphatic rings. The zero-order chi connectivity index (χ0) is 15.0. The average Bonchev–Trinajstić information content (AvgIpc) is 2.39. The summed E-state index contributed by atoms with van der Waals surface area (Å²) in [5.41, 5.74) is 7.03. The molecule has 0 spiro atoms. The van der Waals surface area contributed by atoms with Crippen LogP contribution in [0.15, 0.2) is 24.3 Å². The molecular formula is C15H25N3O2. The van der Waals surface area contributed by atoms with Crippen LogP contribution in [-0.2, 0) is 9.53 Å². The van der Waals surface area contributed by atoms with Crippen LogP contribution >= 0.6 is 0 Å². The summed E-state index contributed by atoms with van der Waals surface area (Å²) in [6.07, 6.45) is 0.680. The van der Waals surface area contributed by atoms with Gasteiger partial charge in [0.15, 0.2) is 0 Å². The largest absolute Gasteiger partial charge is 0.397 e. The standard InChI is InChI=1S/C15H25N3O2/c1-12(2)20-11-10-18(3)9-8-15(19)17-14-7-5-4-6-13(14)16/h4-7,12H,8-11,16H2,1-3H3,(H,17,19). The van der Waals surface area contributed by atoms with Gasteiger partial charge in [-0.25, -0.2) is 0 Å². The predicted molar refractivity (Wildman–Crippen MR) is 82.7 cm³/mol. The first-order chi connectivity index (χ1) is 9.49. The van der Waals surface area contributed by atoms with Gasteiger partial charge in [-0.15, -0.1) is 0 Å². The normalized spacial score (nSPS) is 11.1. The molecule has 1 aromatic carbocycles. The maximum atomic E-state index is 11.8. The highest BCUT2D eigenvalue weighted by molar-refractivity contribution is 5.93. The molecule has 0 atom stereocenters. The van der Waals surface area contributed by atoms with Gasteiger partial charge >= 0.3 is 0 Å². The molecule has 0 saturated carbocycles. The van der Waals surface area contributed by atoms with Gasteiger partial charge in [-0.05, 0) is 33.0 Å². The molecule has 1 rings (SSSR count). The first-order valence-corrected chi connectivity index (χ1v) is 6.93. The van der Waals surface area contributed by atoms with Crippen molar-refractivity contribution in [1.82, 2.24) is 4.90 Å². The Kier molecular flexibility index (Phi) is 7.04. The Labute approximate surface area is 121 Å². The molecule has 0 aliphatic heterocycles. The molecule has 5 heteroatoms. The smallest absolute Gasteiger partial charge is 0.225 e. The number of benzene rings is 1. The third-order valence-corrected chi connectivity index (χ3v) is 2.88. The number of hydrogen-bond donors (Lipinski definition) is 2. The molecule has 0 aliphatic carbocycles. The molecule has 0 heterocycles. The Hall–Kier alpha value is -1.59. The van der Waals surface area contributed by atoms with Gasteiger partial charge in [-0.2, -0.15) is 0 Å². The topological polar surface area (TPSA) is 67.6 Å². The molecule has 0 bridgehead atoms. The maximum Gasteiger partial charge on any atom is 0.225 e. The maximum absolute atomic E-state index is 11.8. The third-order valence-electron chi connectivity index (χ3n) is 2.88. The van der Waals surface area contributed by atoms with Gasteiger partial charge in [0.2, 0.25) is 5.91 Å². The monoisotopic (exact) mass is 279 g/mol. The number of rotatable bonds is 8. The lowest BCUT2D eigenvalue weighted by Gasteiger charge is -2.17. The number of ether oxygens (including phenoxy) is 1. The Bertz CT molecular complexity index is 421. The van der Waals surface area contributed by atoms with Crippen LogP contribution in [0.2, 0.25) is 0 Å². The molecule has 3 N–H and O–H groups in total. The number of nitrogen functional groups attached to an aromatic ring is 1. The van der Waals surface area contributed by atoms with Gasteiger partial charge in [0.05, 0.1) is 24.1 Å². The molecule has 20 heavy (non-hydrogen) atoms. The Balaban J connectivity index is 2.24. The van der Waals surface area contributed by atoms with E-state index in [1.807, 2.05) is 33.0 Å². The molecule has 0 fully saturated rings. The molecule has 112 valence electrons. The second-order valence-electron chi connectivity index (χ2n) is 5.11. The van der Waals surface area contributed by atoms with Crippen LogP contribution in [0.1, 0.15) is 20.3 Å². The minimum atomic E-state index is -0.0282. The number of carbonyl (C=O) groups excluding carboxylic acids is 1. The van der Waals surface area contributed by atoms with E-state index in [1.54, 1.807) is 12.1 Å². The lowest BCUT2D eigenvalue weighted by molar-refractivity contribution is -0.116. The fraction of sp³-hybridized carbons (Fsp3) is 0.533. The quantitative estimate of drug-likeness (QED) is 0.714. The van der Waals surface area contributed by atoms with E-state index in [4.69, 9.17) is 10.5 Å². The van der Waals surface area contributed by atoms with Crippen molar-refractivity contribution in [3.63, 3.8) is 0 Å². The first-order valence-electron chi connectivity index (χ1n) is 6.93. The van der Waals surface area contributed by atoms with E-state index in [1.165, 1.54) is 0 Å². The number of nitrogens with two attached hydrogens (primary N) is 1. The number of nitrogens with zero attached hydrogens (tertiary/aromatic N) is 1. The van der Waals surface area contributed by atoms with Crippen LogP contribution in [0.3, 0.4) is 0 Å². The summed E-state index contributed by atoms with van der Waals surface area (Å²) in [7, 11) is 1.98. The highest BCUT2D eigenvalue weighted by atomic mass is 16.5. The Morgan fingerprint density at radius 2 is 2.05 bits per heavy atom. The first kappa shape index (κ1) is 16.5. The third kappa shape index (κ3) is 6.54. The average molecular weight is 279 g/mol. The molecule has 0 saturated heterocycles. The van der Waals surface area contributed by atoms with E-state index in [0.29, 0.717) is 30.9 Å². The highest BCUT2D eigenvalue weighted by Crippen LogP contribution is 2.16. The number of amides is 1. The van der Waals surface area contributed by atoms with Crippen molar-refractivity contribution in [2.45, 2.75) is 26.4 Å². The van der Waals surface area contributed by atoms with Crippen molar-refractivity contribution >= 4 is 17.3 Å². The summed E-state index contributed by atoms with van der Waals surface area (Å²) in [6, 6.07) is 7.26. The van der Waals surface area contributed by atoms with E-state index in [2.05, 4.69) is 10.2 Å². The summed E-state index contributed by atoms with van der Waals surface area (Å²) in [5, 5.41) is 2.82. The van der Waals surface area contributed by atoms with Crippen molar-refractivity contribution in [2.75, 3.05) is 37.8 Å². The summed E-state index contributed by atoms with van der Waals surface area (Å²) in [5.74, 6) is -0.0282. The second-order valence-corrected chi connectivity index (χ2v) is 5.11. The van der Waals surface area contributed by atoms with Crippen molar-refractivity contribution in [2.24, 2.45) is 0 Å². The number of carbonyl (C=O) groups is 1. The van der Waals surface area contributed by atoms with E-state index in [9.17, 15) is 4.79 Å². The second kappa shape index (κ2) is 8.55. The summed E-state index contributed by atoms with van der Waals surface area (Å²) < 4.78 is 5.47. The number of nitrogens with one attached hydrogen (secondary N) is 1. The molecular weight excluding hydrogens is 254 g/mol. The number of hydrogen-bond acceptors (Lipinski definition) is 4. The molecule has 0 aromatic heterocycles. The lowest BCUT2D eigenvalue weighted by Crippen LogP contribution is -2.28. The summed E-state index contributed by atoms with van der Waals surface area (Å²) in [4.78, 5) is 13.9. The number of likely N-dealkylation sites (N-methyl/N-ethyl adjacent to an activating group) is 1. The van der Waals surface area contributed by atoms with E-state index >= 15 is 0 Å².